The summed E-state index contributed by atoms with van der Waals surface area (Å²) >= 11 is 0. The zero-order valence-corrected chi connectivity index (χ0v) is 17.9. The molecule has 2 amide bonds. The van der Waals surface area contributed by atoms with Crippen LogP contribution in [0.15, 0.2) is 48.5 Å². The van der Waals surface area contributed by atoms with Gasteiger partial charge in [-0.2, -0.15) is 0 Å². The first-order valence-corrected chi connectivity index (χ1v) is 9.75. The molecular weight excluding hydrogens is 368 g/mol. The molecule has 6 nitrogen and oxygen atoms in total. The van der Waals surface area contributed by atoms with E-state index >= 15 is 0 Å². The van der Waals surface area contributed by atoms with Crippen molar-refractivity contribution in [1.82, 2.24) is 0 Å². The summed E-state index contributed by atoms with van der Waals surface area (Å²) in [6.07, 6.45) is 0.0348. The van der Waals surface area contributed by atoms with Gasteiger partial charge in [0.2, 0.25) is 11.8 Å². The lowest BCUT2D eigenvalue weighted by atomic mass is 9.90. The molecule has 2 rings (SSSR count). The molecule has 29 heavy (non-hydrogen) atoms. The summed E-state index contributed by atoms with van der Waals surface area (Å²) in [5.41, 5.74) is -0.171. The number of rotatable bonds is 8. The monoisotopic (exact) mass is 398 g/mol. The van der Waals surface area contributed by atoms with Crippen LogP contribution >= 0.6 is 0 Å². The van der Waals surface area contributed by atoms with Gasteiger partial charge in [0.15, 0.2) is 0 Å². The summed E-state index contributed by atoms with van der Waals surface area (Å²) in [4.78, 5) is 25.6. The maximum Gasteiger partial charge on any atom is 0.239 e. The van der Waals surface area contributed by atoms with Gasteiger partial charge in [0.05, 0.1) is 17.9 Å². The minimum Gasteiger partial charge on any atom is -0.491 e. The molecular formula is C23H30N2O4. The Morgan fingerprint density at radius 2 is 1.34 bits per heavy atom. The lowest BCUT2D eigenvalue weighted by molar-refractivity contribution is -0.135. The molecule has 0 bridgehead atoms. The van der Waals surface area contributed by atoms with E-state index in [-0.39, 0.29) is 12.2 Å². The second kappa shape index (κ2) is 9.45. The summed E-state index contributed by atoms with van der Waals surface area (Å²) in [6.45, 7) is 10.9. The molecule has 6 heteroatoms. The van der Waals surface area contributed by atoms with Crippen molar-refractivity contribution in [2.75, 3.05) is 10.6 Å². The van der Waals surface area contributed by atoms with Crippen LogP contribution in [-0.4, -0.2) is 24.0 Å². The molecule has 2 N–H and O–H groups in total. The first-order valence-electron chi connectivity index (χ1n) is 9.75. The molecule has 0 aliphatic heterocycles. The Labute approximate surface area is 172 Å². The summed E-state index contributed by atoms with van der Waals surface area (Å²) in [5.74, 6) is 0.453. The van der Waals surface area contributed by atoms with Crippen LogP contribution in [0.2, 0.25) is 0 Å². The van der Waals surface area contributed by atoms with E-state index in [1.54, 1.807) is 56.3 Å². The van der Waals surface area contributed by atoms with Gasteiger partial charge in [0.1, 0.15) is 16.9 Å². The van der Waals surface area contributed by atoms with Gasteiger partial charge in [-0.05, 0) is 77.9 Å². The van der Waals surface area contributed by atoms with Gasteiger partial charge >= 0.3 is 0 Å². The molecule has 0 radical (unpaired) electrons. The van der Waals surface area contributed by atoms with Gasteiger partial charge in [-0.3, -0.25) is 9.59 Å². The maximum absolute atomic E-state index is 12.8. The summed E-state index contributed by atoms with van der Waals surface area (Å²) in [6, 6.07) is 14.2. The number of para-hydroxylation sites is 2. The second-order valence-electron chi connectivity index (χ2n) is 7.89. The van der Waals surface area contributed by atoms with E-state index in [2.05, 4.69) is 10.6 Å². The molecule has 2 aromatic carbocycles. The highest BCUT2D eigenvalue weighted by Crippen LogP contribution is 2.28. The van der Waals surface area contributed by atoms with Crippen LogP contribution < -0.4 is 20.1 Å². The van der Waals surface area contributed by atoms with E-state index < -0.39 is 17.2 Å². The van der Waals surface area contributed by atoms with Crippen molar-refractivity contribution in [3.8, 4) is 11.5 Å². The van der Waals surface area contributed by atoms with Crippen LogP contribution in [0.5, 0.6) is 11.5 Å². The fourth-order valence-corrected chi connectivity index (χ4v) is 2.48. The average Bonchev–Trinajstić information content (AvgIpc) is 2.64. The summed E-state index contributed by atoms with van der Waals surface area (Å²) < 4.78 is 11.3. The van der Waals surface area contributed by atoms with Gasteiger partial charge in [0, 0.05) is 5.69 Å². The first-order chi connectivity index (χ1) is 13.6. The smallest absolute Gasteiger partial charge is 0.239 e. The van der Waals surface area contributed by atoms with Gasteiger partial charge in [-0.1, -0.05) is 12.1 Å². The third-order valence-electron chi connectivity index (χ3n) is 4.12. The number of carbonyl (C=O) groups is 2. The molecule has 0 unspecified atom stereocenters. The summed E-state index contributed by atoms with van der Waals surface area (Å²) in [7, 11) is 0. The fourth-order valence-electron chi connectivity index (χ4n) is 2.48. The molecule has 0 heterocycles. The lowest BCUT2D eigenvalue weighted by Crippen LogP contribution is -2.41. The topological polar surface area (TPSA) is 76.7 Å². The maximum atomic E-state index is 12.8. The van der Waals surface area contributed by atoms with Crippen molar-refractivity contribution >= 4 is 23.2 Å². The van der Waals surface area contributed by atoms with Crippen molar-refractivity contribution in [2.45, 2.75) is 53.8 Å². The average molecular weight is 399 g/mol. The number of carbonyl (C=O) groups excluding carboxylic acids is 2. The number of nitrogens with one attached hydrogen (secondary N) is 2. The number of hydrogen-bond acceptors (Lipinski definition) is 4. The van der Waals surface area contributed by atoms with Crippen molar-refractivity contribution in [3.63, 3.8) is 0 Å². The molecule has 0 aliphatic carbocycles. The molecule has 0 aromatic heterocycles. The standard InChI is InChI=1S/C23H30N2O4/c1-15(2)28-18-13-11-17(12-14-18)24-21(26)23(5,6)22(27)25-19-9-7-8-10-20(19)29-16(3)4/h7-16H,1-6H3,(H,24,26)(H,25,27). The van der Waals surface area contributed by atoms with Crippen molar-refractivity contribution in [2.24, 2.45) is 5.41 Å². The third kappa shape index (κ3) is 6.24. The normalized spacial score (nSPS) is 11.3. The zero-order chi connectivity index (χ0) is 21.6. The summed E-state index contributed by atoms with van der Waals surface area (Å²) in [5, 5.41) is 5.60. The van der Waals surface area contributed by atoms with Gasteiger partial charge in [-0.15, -0.1) is 0 Å². The number of anilines is 2. The van der Waals surface area contributed by atoms with Crippen LogP contribution in [0.25, 0.3) is 0 Å². The number of hydrogen-bond donors (Lipinski definition) is 2. The van der Waals surface area contributed by atoms with Gasteiger partial charge < -0.3 is 20.1 Å². The van der Waals surface area contributed by atoms with E-state index in [4.69, 9.17) is 9.47 Å². The Bertz CT molecular complexity index is 842. The van der Waals surface area contributed by atoms with Crippen molar-refractivity contribution in [3.05, 3.63) is 48.5 Å². The predicted octanol–water partition coefficient (Wildman–Crippen LogP) is 4.86. The lowest BCUT2D eigenvalue weighted by Gasteiger charge is -2.24. The Balaban J connectivity index is 2.07. The Kier molecular flexibility index (Phi) is 7.26. The molecule has 0 aliphatic rings. The Morgan fingerprint density at radius 3 is 1.93 bits per heavy atom. The number of benzene rings is 2. The SMILES string of the molecule is CC(C)Oc1ccc(NC(=O)C(C)(C)C(=O)Nc2ccccc2OC(C)C)cc1. The quantitative estimate of drug-likeness (QED) is 0.622. The number of amides is 2. The van der Waals surface area contributed by atoms with Gasteiger partial charge in [-0.25, -0.2) is 0 Å². The van der Waals surface area contributed by atoms with Crippen LogP contribution in [-0.2, 0) is 9.59 Å². The van der Waals surface area contributed by atoms with Crippen LogP contribution in [0.4, 0.5) is 11.4 Å². The van der Waals surface area contributed by atoms with E-state index in [1.165, 1.54) is 0 Å². The Hall–Kier alpha value is -3.02. The van der Waals surface area contributed by atoms with Gasteiger partial charge in [0.25, 0.3) is 0 Å². The molecule has 0 spiro atoms. The van der Waals surface area contributed by atoms with Crippen molar-refractivity contribution < 1.29 is 19.1 Å². The van der Waals surface area contributed by atoms with E-state index in [0.29, 0.717) is 17.1 Å². The third-order valence-corrected chi connectivity index (χ3v) is 4.12. The molecule has 156 valence electrons. The largest absolute Gasteiger partial charge is 0.491 e. The van der Waals surface area contributed by atoms with E-state index in [0.717, 1.165) is 5.75 Å². The van der Waals surface area contributed by atoms with E-state index in [1.807, 2.05) is 33.8 Å². The Morgan fingerprint density at radius 1 is 0.793 bits per heavy atom. The predicted molar refractivity (Wildman–Crippen MR) is 115 cm³/mol. The molecule has 0 fully saturated rings. The highest BCUT2D eigenvalue weighted by molar-refractivity contribution is 6.14. The molecule has 0 atom stereocenters. The second-order valence-corrected chi connectivity index (χ2v) is 7.89. The molecule has 2 aromatic rings. The minimum absolute atomic E-state index is 0.0352. The zero-order valence-electron chi connectivity index (χ0n) is 17.9. The first kappa shape index (κ1) is 22.3. The molecule has 0 saturated heterocycles. The minimum atomic E-state index is -1.29. The molecule has 0 saturated carbocycles. The highest BCUT2D eigenvalue weighted by atomic mass is 16.5. The fraction of sp³-hybridized carbons (Fsp3) is 0.391. The van der Waals surface area contributed by atoms with Crippen molar-refractivity contribution in [1.29, 1.82) is 0 Å². The van der Waals surface area contributed by atoms with Crippen LogP contribution in [0, 0.1) is 5.41 Å². The van der Waals surface area contributed by atoms with Crippen LogP contribution in [0.1, 0.15) is 41.5 Å². The van der Waals surface area contributed by atoms with E-state index in [9.17, 15) is 9.59 Å². The highest BCUT2D eigenvalue weighted by Gasteiger charge is 2.36. The van der Waals surface area contributed by atoms with Crippen LogP contribution in [0.3, 0.4) is 0 Å². The number of ether oxygens (including phenoxy) is 2.